The Bertz CT molecular complexity index is 1220. The van der Waals surface area contributed by atoms with Gasteiger partial charge in [0.05, 0.1) is 0 Å². The van der Waals surface area contributed by atoms with Crippen LogP contribution in [0.1, 0.15) is 102 Å². The van der Waals surface area contributed by atoms with Crippen molar-refractivity contribution >= 4 is 11.4 Å². The second-order valence-electron chi connectivity index (χ2n) is 10.7. The summed E-state index contributed by atoms with van der Waals surface area (Å²) in [5, 5.41) is 0. The third kappa shape index (κ3) is 6.07. The van der Waals surface area contributed by atoms with E-state index < -0.39 is 0 Å². The zero-order valence-electron chi connectivity index (χ0n) is 23.1. The molecule has 0 aromatic heterocycles. The third-order valence-electron chi connectivity index (χ3n) is 8.04. The van der Waals surface area contributed by atoms with Crippen molar-refractivity contribution < 1.29 is 0 Å². The Kier molecular flexibility index (Phi) is 8.38. The van der Waals surface area contributed by atoms with Gasteiger partial charge in [-0.25, -0.2) is 0 Å². The lowest BCUT2D eigenvalue weighted by Crippen LogP contribution is -2.05. The van der Waals surface area contributed by atoms with Gasteiger partial charge in [-0.1, -0.05) is 94.3 Å². The molecule has 0 radical (unpaired) electrons. The van der Waals surface area contributed by atoms with Crippen molar-refractivity contribution in [3.05, 3.63) is 129 Å². The molecule has 37 heavy (non-hydrogen) atoms. The molecule has 4 rings (SSSR count). The fourth-order valence-corrected chi connectivity index (χ4v) is 5.70. The molecule has 0 bridgehead atoms. The van der Waals surface area contributed by atoms with E-state index in [4.69, 9.17) is 11.5 Å². The first kappa shape index (κ1) is 26.5. The summed E-state index contributed by atoms with van der Waals surface area (Å²) < 4.78 is 0. The van der Waals surface area contributed by atoms with E-state index in [1.54, 1.807) is 0 Å². The maximum absolute atomic E-state index is 5.98. The van der Waals surface area contributed by atoms with Crippen LogP contribution < -0.4 is 11.5 Å². The van der Waals surface area contributed by atoms with Crippen LogP contribution in [-0.2, 0) is 0 Å². The Morgan fingerprint density at radius 3 is 1.30 bits per heavy atom. The summed E-state index contributed by atoms with van der Waals surface area (Å²) in [5.41, 5.74) is 24.3. The molecule has 2 atom stereocenters. The number of unbranched alkanes of at least 4 members (excludes halogenated alkanes) is 1. The summed E-state index contributed by atoms with van der Waals surface area (Å²) >= 11 is 0. The molecular formula is C35H42N2. The lowest BCUT2D eigenvalue weighted by molar-refractivity contribution is 0.649. The quantitative estimate of drug-likeness (QED) is 0.230. The molecule has 0 aliphatic carbocycles. The second kappa shape index (κ2) is 11.7. The topological polar surface area (TPSA) is 52.0 Å². The predicted octanol–water partition coefficient (Wildman–Crippen LogP) is 9.09. The van der Waals surface area contributed by atoms with E-state index in [-0.39, 0.29) is 0 Å². The van der Waals surface area contributed by atoms with E-state index in [9.17, 15) is 0 Å². The van der Waals surface area contributed by atoms with Crippen LogP contribution in [0.25, 0.3) is 0 Å². The highest BCUT2D eigenvalue weighted by atomic mass is 14.5. The zero-order valence-corrected chi connectivity index (χ0v) is 23.1. The van der Waals surface area contributed by atoms with Crippen LogP contribution in [-0.4, -0.2) is 0 Å². The van der Waals surface area contributed by atoms with Gasteiger partial charge in [-0.3, -0.25) is 0 Å². The molecule has 192 valence electrons. The molecule has 0 amide bonds. The molecule has 0 saturated heterocycles. The van der Waals surface area contributed by atoms with Gasteiger partial charge in [0.2, 0.25) is 0 Å². The van der Waals surface area contributed by atoms with E-state index in [0.717, 1.165) is 17.8 Å². The van der Waals surface area contributed by atoms with Gasteiger partial charge in [-0.15, -0.1) is 0 Å². The first-order valence-electron chi connectivity index (χ1n) is 13.7. The molecule has 2 unspecified atom stereocenters. The summed E-state index contributed by atoms with van der Waals surface area (Å²) in [6.45, 7) is 11.1. The molecule has 4 aromatic carbocycles. The summed E-state index contributed by atoms with van der Waals surface area (Å²) in [7, 11) is 0. The molecule has 0 aliphatic heterocycles. The van der Waals surface area contributed by atoms with Crippen molar-refractivity contribution in [3.63, 3.8) is 0 Å². The van der Waals surface area contributed by atoms with Crippen LogP contribution in [0, 0.1) is 13.8 Å². The summed E-state index contributed by atoms with van der Waals surface area (Å²) in [6, 6.07) is 31.1. The Labute approximate surface area is 223 Å². The molecule has 0 spiro atoms. The SMILES string of the molecule is CCCCC(c1ccc(C(C)c2ccc(N)cc2C)cc1)c1ccc(C(C)c2ccc(N)cc2C)cc1. The van der Waals surface area contributed by atoms with E-state index in [0.29, 0.717) is 17.8 Å². The lowest BCUT2D eigenvalue weighted by atomic mass is 9.83. The predicted molar refractivity (Wildman–Crippen MR) is 160 cm³/mol. The average Bonchev–Trinajstić information content (AvgIpc) is 2.89. The van der Waals surface area contributed by atoms with Crippen LogP contribution in [0.5, 0.6) is 0 Å². The first-order valence-corrected chi connectivity index (χ1v) is 13.7. The van der Waals surface area contributed by atoms with Gasteiger partial charge in [0.25, 0.3) is 0 Å². The molecule has 0 aliphatic rings. The molecule has 0 fully saturated rings. The van der Waals surface area contributed by atoms with Crippen molar-refractivity contribution in [2.24, 2.45) is 0 Å². The maximum atomic E-state index is 5.98. The maximum Gasteiger partial charge on any atom is 0.0316 e. The van der Waals surface area contributed by atoms with Gasteiger partial charge in [-0.05, 0) is 89.0 Å². The van der Waals surface area contributed by atoms with Crippen LogP contribution >= 0.6 is 0 Å². The normalized spacial score (nSPS) is 13.8. The number of rotatable bonds is 9. The third-order valence-corrected chi connectivity index (χ3v) is 8.04. The highest BCUT2D eigenvalue weighted by molar-refractivity contribution is 5.49. The van der Waals surface area contributed by atoms with E-state index >= 15 is 0 Å². The number of nitrogens with two attached hydrogens (primary N) is 2. The van der Waals surface area contributed by atoms with Gasteiger partial charge in [0.1, 0.15) is 0 Å². The lowest BCUT2D eigenvalue weighted by Gasteiger charge is -2.21. The number of anilines is 2. The Morgan fingerprint density at radius 2 is 0.946 bits per heavy atom. The standard InChI is InChI=1S/C35H42N2/c1-6-7-8-35(29-13-9-27(10-14-29)25(4)33-19-17-31(36)21-23(33)2)30-15-11-28(12-16-30)26(5)34-20-18-32(37)22-24(34)3/h9-22,25-26,35H,6-8,36-37H2,1-5H3. The summed E-state index contributed by atoms with van der Waals surface area (Å²) in [4.78, 5) is 0. The van der Waals surface area contributed by atoms with Gasteiger partial charge in [0, 0.05) is 29.1 Å². The Hall–Kier alpha value is -3.52. The van der Waals surface area contributed by atoms with Crippen LogP contribution in [0.2, 0.25) is 0 Å². The van der Waals surface area contributed by atoms with Crippen LogP contribution in [0.4, 0.5) is 11.4 Å². The number of hydrogen-bond donors (Lipinski definition) is 2. The summed E-state index contributed by atoms with van der Waals surface area (Å²) in [6.07, 6.45) is 3.58. The number of benzene rings is 4. The van der Waals surface area contributed by atoms with E-state index in [2.05, 4.69) is 107 Å². The highest BCUT2D eigenvalue weighted by Crippen LogP contribution is 2.35. The molecule has 4 N–H and O–H groups in total. The fraction of sp³-hybridized carbons (Fsp3) is 0.314. The van der Waals surface area contributed by atoms with Gasteiger partial charge < -0.3 is 11.5 Å². The summed E-state index contributed by atoms with van der Waals surface area (Å²) in [5.74, 6) is 1.08. The van der Waals surface area contributed by atoms with Crippen molar-refractivity contribution in [1.29, 1.82) is 0 Å². The molecule has 0 heterocycles. The minimum atomic E-state index is 0.335. The number of aryl methyl sites for hydroxylation is 2. The molecular weight excluding hydrogens is 448 g/mol. The molecule has 4 aromatic rings. The monoisotopic (exact) mass is 490 g/mol. The second-order valence-corrected chi connectivity index (χ2v) is 10.7. The molecule has 2 heteroatoms. The van der Waals surface area contributed by atoms with Gasteiger partial charge in [0.15, 0.2) is 0 Å². The van der Waals surface area contributed by atoms with Gasteiger partial charge in [-0.2, -0.15) is 0 Å². The average molecular weight is 491 g/mol. The first-order chi connectivity index (χ1) is 17.8. The van der Waals surface area contributed by atoms with Crippen molar-refractivity contribution in [2.45, 2.75) is 71.6 Å². The van der Waals surface area contributed by atoms with E-state index in [1.807, 2.05) is 12.1 Å². The van der Waals surface area contributed by atoms with Crippen LogP contribution in [0.15, 0.2) is 84.9 Å². The zero-order chi connectivity index (χ0) is 26.5. The van der Waals surface area contributed by atoms with Crippen molar-refractivity contribution in [3.8, 4) is 0 Å². The fourth-order valence-electron chi connectivity index (χ4n) is 5.70. The highest BCUT2D eigenvalue weighted by Gasteiger charge is 2.17. The van der Waals surface area contributed by atoms with Crippen molar-refractivity contribution in [2.75, 3.05) is 11.5 Å². The number of hydrogen-bond acceptors (Lipinski definition) is 2. The largest absolute Gasteiger partial charge is 0.399 e. The minimum absolute atomic E-state index is 0.335. The minimum Gasteiger partial charge on any atom is -0.399 e. The molecule has 0 saturated carbocycles. The molecule has 2 nitrogen and oxygen atoms in total. The number of nitrogen functional groups attached to an aromatic ring is 2. The smallest absolute Gasteiger partial charge is 0.0316 e. The van der Waals surface area contributed by atoms with E-state index in [1.165, 1.54) is 57.3 Å². The van der Waals surface area contributed by atoms with Crippen molar-refractivity contribution in [1.82, 2.24) is 0 Å². The Morgan fingerprint density at radius 1 is 0.568 bits per heavy atom. The Balaban J connectivity index is 1.57. The van der Waals surface area contributed by atoms with Crippen LogP contribution in [0.3, 0.4) is 0 Å². The van der Waals surface area contributed by atoms with Gasteiger partial charge >= 0.3 is 0 Å².